The van der Waals surface area contributed by atoms with Crippen molar-refractivity contribution in [3.63, 3.8) is 0 Å². The summed E-state index contributed by atoms with van der Waals surface area (Å²) < 4.78 is 24.6. The normalized spacial score (nSPS) is 13.2. The van der Waals surface area contributed by atoms with Gasteiger partial charge in [0, 0.05) is 19.6 Å². The average molecular weight is 510 g/mol. The monoisotopic (exact) mass is 510 g/mol. The molecule has 0 heterocycles. The van der Waals surface area contributed by atoms with Crippen LogP contribution >= 0.6 is 24.0 Å². The molecule has 0 saturated carbocycles. The number of rotatable bonds is 10. The largest absolute Gasteiger partial charge is 0.357 e. The molecule has 0 radical (unpaired) electrons. The fourth-order valence-corrected chi connectivity index (χ4v) is 3.06. The van der Waals surface area contributed by atoms with Gasteiger partial charge in [0.25, 0.3) is 0 Å². The molecule has 0 fully saturated rings. The highest BCUT2D eigenvalue weighted by Gasteiger charge is 2.08. The lowest BCUT2D eigenvalue weighted by Crippen LogP contribution is -2.39. The smallest absolute Gasteiger partial charge is 0.208 e. The molecule has 0 aliphatic heterocycles. The summed E-state index contributed by atoms with van der Waals surface area (Å²) in [5, 5.41) is 6.63. The Morgan fingerprint density at radius 1 is 1.15 bits per heavy atom. The van der Waals surface area contributed by atoms with Gasteiger partial charge in [0.2, 0.25) is 10.0 Å². The molecule has 0 saturated heterocycles. The van der Waals surface area contributed by atoms with Crippen molar-refractivity contribution in [2.24, 2.45) is 10.9 Å². The fraction of sp³-hybridized carbons (Fsp3) is 0.632. The van der Waals surface area contributed by atoms with Gasteiger partial charge in [-0.05, 0) is 43.7 Å². The summed E-state index contributed by atoms with van der Waals surface area (Å²) in [7, 11) is -3.13. The van der Waals surface area contributed by atoms with Gasteiger partial charge in [-0.25, -0.2) is 13.1 Å². The number of sulfonamides is 1. The first-order valence-electron chi connectivity index (χ1n) is 9.29. The number of nitrogens with zero attached hydrogens (tertiary/aromatic N) is 1. The molecule has 0 aliphatic carbocycles. The molecular weight excluding hydrogens is 475 g/mol. The number of aliphatic imine (C=N–C) groups is 1. The van der Waals surface area contributed by atoms with Crippen LogP contribution < -0.4 is 15.4 Å². The van der Waals surface area contributed by atoms with Gasteiger partial charge in [-0.1, -0.05) is 38.1 Å². The first-order valence-corrected chi connectivity index (χ1v) is 11.2. The minimum Gasteiger partial charge on any atom is -0.357 e. The molecule has 27 heavy (non-hydrogen) atoms. The lowest BCUT2D eigenvalue weighted by atomic mass is 10.00. The maximum Gasteiger partial charge on any atom is 0.208 e. The lowest BCUT2D eigenvalue weighted by molar-refractivity contribution is 0.585. The number of benzene rings is 1. The van der Waals surface area contributed by atoms with Crippen molar-refractivity contribution < 1.29 is 8.42 Å². The van der Waals surface area contributed by atoms with Gasteiger partial charge in [-0.15, -0.1) is 24.0 Å². The topological polar surface area (TPSA) is 82.6 Å². The zero-order valence-corrected chi connectivity index (χ0v) is 20.2. The van der Waals surface area contributed by atoms with Crippen LogP contribution in [0.25, 0.3) is 0 Å². The molecule has 1 aromatic carbocycles. The number of hydrogen-bond acceptors (Lipinski definition) is 3. The van der Waals surface area contributed by atoms with E-state index in [1.807, 2.05) is 6.92 Å². The lowest BCUT2D eigenvalue weighted by Gasteiger charge is -2.18. The predicted octanol–water partition coefficient (Wildman–Crippen LogP) is 3.06. The molecule has 1 atom stereocenters. The van der Waals surface area contributed by atoms with Crippen LogP contribution in [0, 0.1) is 5.92 Å². The minimum absolute atomic E-state index is 0. The second kappa shape index (κ2) is 13.3. The van der Waals surface area contributed by atoms with Crippen molar-refractivity contribution in [2.45, 2.75) is 46.6 Å². The van der Waals surface area contributed by atoms with Gasteiger partial charge in [-0.3, -0.25) is 4.99 Å². The Hall–Kier alpha value is -0.870. The molecule has 0 bridgehead atoms. The van der Waals surface area contributed by atoms with Crippen LogP contribution in [0.2, 0.25) is 0 Å². The molecular formula is C19H35IN4O2S. The SMILES string of the molecule is CCNC(=NCCCNS(C)(=O)=O)NC(C)c1ccc(CC(C)C)cc1.I. The highest BCUT2D eigenvalue weighted by Crippen LogP contribution is 2.15. The summed E-state index contributed by atoms with van der Waals surface area (Å²) in [6.07, 6.45) is 2.91. The van der Waals surface area contributed by atoms with E-state index in [4.69, 9.17) is 0 Å². The van der Waals surface area contributed by atoms with E-state index < -0.39 is 10.0 Å². The van der Waals surface area contributed by atoms with Crippen LogP contribution in [0.3, 0.4) is 0 Å². The fourth-order valence-electron chi connectivity index (χ4n) is 2.55. The Morgan fingerprint density at radius 3 is 2.30 bits per heavy atom. The third kappa shape index (κ3) is 12.2. The van der Waals surface area contributed by atoms with Gasteiger partial charge in [-0.2, -0.15) is 0 Å². The van der Waals surface area contributed by atoms with Gasteiger partial charge in [0.15, 0.2) is 5.96 Å². The Morgan fingerprint density at radius 2 is 1.78 bits per heavy atom. The van der Waals surface area contributed by atoms with Gasteiger partial charge in [0.05, 0.1) is 12.3 Å². The molecule has 6 nitrogen and oxygen atoms in total. The van der Waals surface area contributed by atoms with E-state index in [9.17, 15) is 8.42 Å². The standard InChI is InChI=1S/C19H34N4O2S.HI/c1-6-20-19(21-12-7-13-22-26(5,24)25)23-16(4)18-10-8-17(9-11-18)14-15(2)3;/h8-11,15-16,22H,6-7,12-14H2,1-5H3,(H2,20,21,23);1H. The molecule has 8 heteroatoms. The summed E-state index contributed by atoms with van der Waals surface area (Å²) in [5.41, 5.74) is 2.57. The Kier molecular flexibility index (Phi) is 12.9. The van der Waals surface area contributed by atoms with Crippen molar-refractivity contribution in [3.8, 4) is 0 Å². The Labute approximate surface area is 182 Å². The van der Waals surface area contributed by atoms with Crippen LogP contribution in [-0.4, -0.2) is 40.3 Å². The number of nitrogens with one attached hydrogen (secondary N) is 3. The molecule has 0 spiro atoms. The zero-order valence-electron chi connectivity index (χ0n) is 17.1. The number of halogens is 1. The third-order valence-corrected chi connectivity index (χ3v) is 4.52. The molecule has 0 aliphatic rings. The molecule has 156 valence electrons. The molecule has 1 unspecified atom stereocenters. The molecule has 0 aromatic heterocycles. The molecule has 1 aromatic rings. The van der Waals surface area contributed by atoms with Gasteiger partial charge in [0.1, 0.15) is 0 Å². The zero-order chi connectivity index (χ0) is 19.6. The average Bonchev–Trinajstić information content (AvgIpc) is 2.53. The van der Waals surface area contributed by atoms with Crippen LogP contribution in [-0.2, 0) is 16.4 Å². The van der Waals surface area contributed by atoms with E-state index in [0.29, 0.717) is 25.4 Å². The minimum atomic E-state index is -3.13. The maximum atomic E-state index is 11.0. The Balaban J connectivity index is 0.00000676. The van der Waals surface area contributed by atoms with Crippen molar-refractivity contribution in [1.82, 2.24) is 15.4 Å². The van der Waals surface area contributed by atoms with E-state index in [0.717, 1.165) is 25.2 Å². The number of hydrogen-bond donors (Lipinski definition) is 3. The van der Waals surface area contributed by atoms with Crippen LogP contribution in [0.15, 0.2) is 29.3 Å². The van der Waals surface area contributed by atoms with E-state index >= 15 is 0 Å². The summed E-state index contributed by atoms with van der Waals surface area (Å²) in [4.78, 5) is 4.52. The van der Waals surface area contributed by atoms with E-state index in [2.05, 4.69) is 65.4 Å². The first kappa shape index (κ1) is 26.1. The van der Waals surface area contributed by atoms with Crippen LogP contribution in [0.1, 0.15) is 51.3 Å². The van der Waals surface area contributed by atoms with Crippen LogP contribution in [0.5, 0.6) is 0 Å². The second-order valence-electron chi connectivity index (χ2n) is 6.99. The predicted molar refractivity (Wildman–Crippen MR) is 125 cm³/mol. The van der Waals surface area contributed by atoms with Gasteiger partial charge < -0.3 is 10.6 Å². The quantitative estimate of drug-likeness (QED) is 0.196. The Bertz CT molecular complexity index is 661. The van der Waals surface area contributed by atoms with E-state index in [-0.39, 0.29) is 30.0 Å². The maximum absolute atomic E-state index is 11.0. The van der Waals surface area contributed by atoms with Crippen molar-refractivity contribution in [2.75, 3.05) is 25.9 Å². The second-order valence-corrected chi connectivity index (χ2v) is 8.82. The highest BCUT2D eigenvalue weighted by atomic mass is 127. The summed E-state index contributed by atoms with van der Waals surface area (Å²) in [6.45, 7) is 10.3. The van der Waals surface area contributed by atoms with Gasteiger partial charge >= 0.3 is 0 Å². The third-order valence-electron chi connectivity index (χ3n) is 3.79. The number of guanidine groups is 1. The first-order chi connectivity index (χ1) is 12.2. The summed E-state index contributed by atoms with van der Waals surface area (Å²) >= 11 is 0. The van der Waals surface area contributed by atoms with Crippen molar-refractivity contribution >= 4 is 40.0 Å². The highest BCUT2D eigenvalue weighted by molar-refractivity contribution is 14.0. The molecule has 3 N–H and O–H groups in total. The van der Waals surface area contributed by atoms with E-state index in [1.165, 1.54) is 11.1 Å². The van der Waals surface area contributed by atoms with Crippen molar-refractivity contribution in [3.05, 3.63) is 35.4 Å². The summed E-state index contributed by atoms with van der Waals surface area (Å²) in [6, 6.07) is 8.84. The van der Waals surface area contributed by atoms with Crippen LogP contribution in [0.4, 0.5) is 0 Å². The van der Waals surface area contributed by atoms with Crippen molar-refractivity contribution in [1.29, 1.82) is 0 Å². The summed E-state index contributed by atoms with van der Waals surface area (Å²) in [5.74, 6) is 1.40. The molecule has 1 rings (SSSR count). The molecule has 0 amide bonds. The van der Waals surface area contributed by atoms with E-state index in [1.54, 1.807) is 0 Å².